The van der Waals surface area contributed by atoms with E-state index in [1.54, 1.807) is 0 Å². The minimum atomic E-state index is -1.05. The van der Waals surface area contributed by atoms with Gasteiger partial charge in [-0.15, -0.1) is 11.8 Å². The van der Waals surface area contributed by atoms with Gasteiger partial charge < -0.3 is 15.7 Å². The smallest absolute Gasteiger partial charge is 0.327 e. The van der Waals surface area contributed by atoms with Gasteiger partial charge in [-0.25, -0.2) is 9.18 Å². The van der Waals surface area contributed by atoms with Crippen molar-refractivity contribution in [1.29, 1.82) is 0 Å². The lowest BCUT2D eigenvalue weighted by Crippen LogP contribution is -2.41. The Kier molecular flexibility index (Phi) is 3.42. The van der Waals surface area contributed by atoms with E-state index in [1.165, 1.54) is 28.8 Å². The van der Waals surface area contributed by atoms with Crippen LogP contribution in [0.4, 0.5) is 10.1 Å². The van der Waals surface area contributed by atoms with Crippen molar-refractivity contribution >= 4 is 29.3 Å². The number of halogens is 1. The summed E-state index contributed by atoms with van der Waals surface area (Å²) in [7, 11) is 0. The first-order valence-electron chi connectivity index (χ1n) is 5.17. The first kappa shape index (κ1) is 12.7. The zero-order valence-electron chi connectivity index (χ0n) is 9.30. The number of amides is 1. The molecule has 96 valence electrons. The van der Waals surface area contributed by atoms with Crippen molar-refractivity contribution in [2.24, 2.45) is 0 Å². The lowest BCUT2D eigenvalue weighted by Gasteiger charge is -2.20. The Bertz CT molecular complexity index is 509. The molecule has 1 fully saturated rings. The average Bonchev–Trinajstić information content (AvgIpc) is 2.81. The molecule has 1 aromatic rings. The highest BCUT2D eigenvalue weighted by atomic mass is 32.2. The summed E-state index contributed by atoms with van der Waals surface area (Å²) >= 11 is 1.35. The van der Waals surface area contributed by atoms with Crippen molar-refractivity contribution in [2.45, 2.75) is 6.04 Å². The minimum absolute atomic E-state index is 0.0443. The molecule has 0 spiro atoms. The summed E-state index contributed by atoms with van der Waals surface area (Å²) in [4.78, 5) is 24.3. The lowest BCUT2D eigenvalue weighted by atomic mass is 10.1. The van der Waals surface area contributed by atoms with Gasteiger partial charge in [0.2, 0.25) is 0 Å². The molecule has 0 radical (unpaired) electrons. The van der Waals surface area contributed by atoms with Crippen LogP contribution in [0.2, 0.25) is 0 Å². The molecule has 18 heavy (non-hydrogen) atoms. The monoisotopic (exact) mass is 270 g/mol. The molecule has 1 heterocycles. The molecule has 5 nitrogen and oxygen atoms in total. The van der Waals surface area contributed by atoms with Crippen LogP contribution in [0.5, 0.6) is 0 Å². The van der Waals surface area contributed by atoms with Crippen molar-refractivity contribution in [1.82, 2.24) is 4.90 Å². The number of carbonyl (C=O) groups is 2. The van der Waals surface area contributed by atoms with Crippen LogP contribution in [-0.2, 0) is 4.79 Å². The number of carboxylic acid groups (broad SMARTS) is 1. The van der Waals surface area contributed by atoms with Crippen molar-refractivity contribution in [3.05, 3.63) is 29.6 Å². The number of benzene rings is 1. The second-order valence-electron chi connectivity index (χ2n) is 3.87. The second kappa shape index (κ2) is 4.85. The minimum Gasteiger partial charge on any atom is -0.480 e. The van der Waals surface area contributed by atoms with Gasteiger partial charge in [0.25, 0.3) is 5.91 Å². The van der Waals surface area contributed by atoms with Crippen molar-refractivity contribution < 1.29 is 19.1 Å². The van der Waals surface area contributed by atoms with Crippen molar-refractivity contribution in [3.8, 4) is 0 Å². The van der Waals surface area contributed by atoms with Crippen LogP contribution in [0.15, 0.2) is 18.2 Å². The van der Waals surface area contributed by atoms with Crippen LogP contribution in [-0.4, -0.2) is 39.6 Å². The predicted octanol–water partition coefficient (Wildman–Crippen LogP) is 1.01. The fourth-order valence-electron chi connectivity index (χ4n) is 1.67. The molecule has 1 saturated heterocycles. The standard InChI is InChI=1S/C11H11FN2O3S/c12-7-3-6(1-2-8(7)13)10(15)14-5-18-4-9(14)11(16)17/h1-3,9H,4-5,13H2,(H,16,17). The third-order valence-corrected chi connectivity index (χ3v) is 3.69. The average molecular weight is 270 g/mol. The molecule has 3 N–H and O–H groups in total. The molecule has 0 bridgehead atoms. The highest BCUT2D eigenvalue weighted by Gasteiger charge is 2.35. The number of hydrogen-bond donors (Lipinski definition) is 2. The highest BCUT2D eigenvalue weighted by Crippen LogP contribution is 2.24. The van der Waals surface area contributed by atoms with Gasteiger partial charge >= 0.3 is 5.97 Å². The number of thioether (sulfide) groups is 1. The Morgan fingerprint density at radius 2 is 2.22 bits per heavy atom. The summed E-state index contributed by atoms with van der Waals surface area (Å²) in [6.45, 7) is 0. The maximum Gasteiger partial charge on any atom is 0.327 e. The van der Waals surface area contributed by atoms with Gasteiger partial charge in [0, 0.05) is 11.3 Å². The lowest BCUT2D eigenvalue weighted by molar-refractivity contribution is -0.140. The van der Waals surface area contributed by atoms with Crippen LogP contribution < -0.4 is 5.73 Å². The van der Waals surface area contributed by atoms with Gasteiger partial charge in [0.1, 0.15) is 11.9 Å². The van der Waals surface area contributed by atoms with Gasteiger partial charge in [-0.05, 0) is 18.2 Å². The summed E-state index contributed by atoms with van der Waals surface area (Å²) in [6.07, 6.45) is 0. The summed E-state index contributed by atoms with van der Waals surface area (Å²) in [5.74, 6) is -1.59. The topological polar surface area (TPSA) is 83.6 Å². The molecule has 2 rings (SSSR count). The van der Waals surface area contributed by atoms with E-state index in [0.29, 0.717) is 11.6 Å². The number of nitrogen functional groups attached to an aromatic ring is 1. The van der Waals surface area contributed by atoms with E-state index >= 15 is 0 Å². The fourth-order valence-corrected chi connectivity index (χ4v) is 2.82. The second-order valence-corrected chi connectivity index (χ2v) is 4.86. The highest BCUT2D eigenvalue weighted by molar-refractivity contribution is 7.99. The Hall–Kier alpha value is -1.76. The Morgan fingerprint density at radius 1 is 1.50 bits per heavy atom. The van der Waals surface area contributed by atoms with Gasteiger partial charge in [-0.1, -0.05) is 0 Å². The summed E-state index contributed by atoms with van der Waals surface area (Å²) in [6, 6.07) is 2.85. The molecule has 1 unspecified atom stereocenters. The van der Waals surface area contributed by atoms with Crippen LogP contribution in [0.1, 0.15) is 10.4 Å². The fraction of sp³-hybridized carbons (Fsp3) is 0.273. The van der Waals surface area contributed by atoms with E-state index in [1.807, 2.05) is 0 Å². The molecule has 1 atom stereocenters. The number of nitrogens with zero attached hydrogens (tertiary/aromatic N) is 1. The molecule has 7 heteroatoms. The third-order valence-electron chi connectivity index (χ3n) is 2.68. The number of hydrogen-bond acceptors (Lipinski definition) is 4. The molecule has 1 aliphatic heterocycles. The van der Waals surface area contributed by atoms with E-state index in [4.69, 9.17) is 10.8 Å². The van der Waals surface area contributed by atoms with Gasteiger partial charge in [0.15, 0.2) is 0 Å². The van der Waals surface area contributed by atoms with Gasteiger partial charge in [-0.3, -0.25) is 4.79 Å². The molecule has 0 aliphatic carbocycles. The molecular weight excluding hydrogens is 259 g/mol. The van der Waals surface area contributed by atoms with E-state index in [2.05, 4.69) is 0 Å². The number of carbonyl (C=O) groups excluding carboxylic acids is 1. The maximum absolute atomic E-state index is 13.3. The zero-order valence-corrected chi connectivity index (χ0v) is 10.1. The molecule has 0 aromatic heterocycles. The predicted molar refractivity (Wildman–Crippen MR) is 65.7 cm³/mol. The number of anilines is 1. The first-order chi connectivity index (χ1) is 8.50. The normalized spacial score (nSPS) is 18.9. The van der Waals surface area contributed by atoms with Crippen LogP contribution >= 0.6 is 11.8 Å². The van der Waals surface area contributed by atoms with E-state index < -0.39 is 23.7 Å². The van der Waals surface area contributed by atoms with E-state index in [0.717, 1.165) is 6.07 Å². The number of carboxylic acids is 1. The van der Waals surface area contributed by atoms with Crippen LogP contribution in [0.25, 0.3) is 0 Å². The molecule has 0 saturated carbocycles. The van der Waals surface area contributed by atoms with Crippen molar-refractivity contribution in [3.63, 3.8) is 0 Å². The van der Waals surface area contributed by atoms with Crippen LogP contribution in [0, 0.1) is 5.82 Å². The molecule has 1 aromatic carbocycles. The SMILES string of the molecule is Nc1ccc(C(=O)N2CSCC2C(=O)O)cc1F. The first-order valence-corrected chi connectivity index (χ1v) is 6.32. The van der Waals surface area contributed by atoms with Gasteiger partial charge in [0.05, 0.1) is 11.6 Å². The quantitative estimate of drug-likeness (QED) is 0.783. The largest absolute Gasteiger partial charge is 0.480 e. The molecule has 1 aliphatic rings. The van der Waals surface area contributed by atoms with Crippen molar-refractivity contribution in [2.75, 3.05) is 17.4 Å². The molecular formula is C11H11FN2O3S. The van der Waals surface area contributed by atoms with Crippen LogP contribution in [0.3, 0.4) is 0 Å². The Morgan fingerprint density at radius 3 is 2.83 bits per heavy atom. The zero-order chi connectivity index (χ0) is 13.3. The van der Waals surface area contributed by atoms with E-state index in [9.17, 15) is 14.0 Å². The Balaban J connectivity index is 2.25. The molecule has 1 amide bonds. The number of nitrogens with two attached hydrogens (primary N) is 1. The third kappa shape index (κ3) is 2.26. The Labute approximate surface area is 107 Å². The van der Waals surface area contributed by atoms with E-state index in [-0.39, 0.29) is 11.3 Å². The van der Waals surface area contributed by atoms with Gasteiger partial charge in [-0.2, -0.15) is 0 Å². The maximum atomic E-state index is 13.3. The number of rotatable bonds is 2. The summed E-state index contributed by atoms with van der Waals surface area (Å²) in [5, 5.41) is 8.98. The summed E-state index contributed by atoms with van der Waals surface area (Å²) in [5.41, 5.74) is 5.38. The number of aliphatic carboxylic acids is 1. The summed E-state index contributed by atoms with van der Waals surface area (Å²) < 4.78 is 13.3.